The number of carbonyl (C=O) groups is 1. The van der Waals surface area contributed by atoms with Crippen molar-refractivity contribution in [2.24, 2.45) is 16.7 Å². The fourth-order valence-corrected chi connectivity index (χ4v) is 2.88. The van der Waals surface area contributed by atoms with Crippen LogP contribution in [0.5, 0.6) is 0 Å². The summed E-state index contributed by atoms with van der Waals surface area (Å²) in [6, 6.07) is 0. The molecule has 0 N–H and O–H groups in total. The summed E-state index contributed by atoms with van der Waals surface area (Å²) in [5.74, 6) is 0.107. The van der Waals surface area contributed by atoms with Crippen LogP contribution in [0.4, 0.5) is 0 Å². The van der Waals surface area contributed by atoms with E-state index in [-0.39, 0.29) is 35.3 Å². The monoisotopic (exact) mass is 460 g/mol. The fraction of sp³-hybridized carbons (Fsp3) is 0.962. The molecule has 192 valence electrons. The van der Waals surface area contributed by atoms with Gasteiger partial charge in [0.05, 0.1) is 49.1 Å². The maximum absolute atomic E-state index is 11.8. The second-order valence-corrected chi connectivity index (χ2v) is 11.7. The summed E-state index contributed by atoms with van der Waals surface area (Å²) < 4.78 is 29.0. The highest BCUT2D eigenvalue weighted by Gasteiger charge is 2.42. The maximum atomic E-state index is 11.8. The van der Waals surface area contributed by atoms with Gasteiger partial charge in [0.25, 0.3) is 0 Å². The van der Waals surface area contributed by atoms with Gasteiger partial charge in [-0.15, -0.1) is 0 Å². The highest BCUT2D eigenvalue weighted by molar-refractivity contribution is 5.75. The minimum atomic E-state index is -0.494. The molecule has 0 aliphatic heterocycles. The van der Waals surface area contributed by atoms with Gasteiger partial charge in [0.2, 0.25) is 0 Å². The Labute approximate surface area is 198 Å². The summed E-state index contributed by atoms with van der Waals surface area (Å²) >= 11 is 0. The lowest BCUT2D eigenvalue weighted by atomic mass is 9.68. The molecule has 0 aliphatic carbocycles. The first-order valence-corrected chi connectivity index (χ1v) is 12.1. The molecule has 1 unspecified atom stereocenters. The summed E-state index contributed by atoms with van der Waals surface area (Å²) in [5, 5.41) is 0. The van der Waals surface area contributed by atoms with Gasteiger partial charge in [-0.1, -0.05) is 20.8 Å². The van der Waals surface area contributed by atoms with Crippen molar-refractivity contribution < 1.29 is 28.5 Å². The molecule has 0 amide bonds. The molecule has 32 heavy (non-hydrogen) atoms. The van der Waals surface area contributed by atoms with Crippen LogP contribution in [0.3, 0.4) is 0 Å². The number of esters is 1. The Kier molecular flexibility index (Phi) is 13.0. The number of carbonyl (C=O) groups excluding carboxylic acids is 1. The van der Waals surface area contributed by atoms with Crippen molar-refractivity contribution in [3.05, 3.63) is 0 Å². The zero-order chi connectivity index (χ0) is 25.2. The van der Waals surface area contributed by atoms with Gasteiger partial charge in [0.15, 0.2) is 0 Å². The number of hydrogen-bond acceptors (Lipinski definition) is 6. The number of hydrogen-bond donors (Lipinski definition) is 0. The van der Waals surface area contributed by atoms with Gasteiger partial charge in [-0.25, -0.2) is 0 Å². The van der Waals surface area contributed by atoms with E-state index < -0.39 is 5.41 Å². The fourth-order valence-electron chi connectivity index (χ4n) is 2.88. The van der Waals surface area contributed by atoms with Crippen LogP contribution in [0.1, 0.15) is 89.5 Å². The Morgan fingerprint density at radius 2 is 1.34 bits per heavy atom. The first-order valence-electron chi connectivity index (χ1n) is 12.1. The van der Waals surface area contributed by atoms with E-state index in [1.807, 2.05) is 48.5 Å². The van der Waals surface area contributed by atoms with Crippen molar-refractivity contribution in [3.8, 4) is 0 Å². The average Bonchev–Trinajstić information content (AvgIpc) is 2.62. The average molecular weight is 461 g/mol. The van der Waals surface area contributed by atoms with Crippen molar-refractivity contribution in [2.45, 2.75) is 107 Å². The lowest BCUT2D eigenvalue weighted by molar-refractivity contribution is -0.158. The number of ether oxygens (including phenoxy) is 5. The van der Waals surface area contributed by atoms with E-state index >= 15 is 0 Å². The van der Waals surface area contributed by atoms with Gasteiger partial charge in [-0.3, -0.25) is 4.79 Å². The molecule has 0 aliphatic rings. The third kappa shape index (κ3) is 12.0. The molecule has 0 fully saturated rings. The summed E-state index contributed by atoms with van der Waals surface area (Å²) in [5.41, 5.74) is -1.27. The molecule has 1 atom stereocenters. The standard InChI is InChI=1S/C26H52O6/c1-20(2)29-16-15-28-19-21(3)25(9,10)26(11,12)32-14-13-24(7,8)31-18-17-30-22(27)23(4,5)6/h20-21H,13-19H2,1-12H3. The van der Waals surface area contributed by atoms with Gasteiger partial charge in [0.1, 0.15) is 6.61 Å². The molecule has 0 aromatic rings. The van der Waals surface area contributed by atoms with E-state index in [0.29, 0.717) is 39.0 Å². The first kappa shape index (κ1) is 31.3. The van der Waals surface area contributed by atoms with Crippen molar-refractivity contribution in [1.82, 2.24) is 0 Å². The van der Waals surface area contributed by atoms with E-state index in [0.717, 1.165) is 6.42 Å². The Hall–Kier alpha value is -0.690. The number of rotatable bonds is 16. The lowest BCUT2D eigenvalue weighted by Crippen LogP contribution is -2.47. The Bertz CT molecular complexity index is 531. The minimum Gasteiger partial charge on any atom is -0.463 e. The van der Waals surface area contributed by atoms with E-state index in [9.17, 15) is 4.79 Å². The SMILES string of the molecule is CC(C)OCCOCC(C)C(C)(C)C(C)(C)OCCC(C)(C)OCCOC(=O)C(C)(C)C. The molecular weight excluding hydrogens is 408 g/mol. The lowest BCUT2D eigenvalue weighted by Gasteiger charge is -2.46. The zero-order valence-corrected chi connectivity index (χ0v) is 23.1. The predicted octanol–water partition coefficient (Wildman–Crippen LogP) is 5.66. The van der Waals surface area contributed by atoms with Gasteiger partial charge < -0.3 is 23.7 Å². The molecule has 0 aromatic carbocycles. The van der Waals surface area contributed by atoms with Crippen LogP contribution in [0.25, 0.3) is 0 Å². The van der Waals surface area contributed by atoms with Crippen molar-refractivity contribution in [3.63, 3.8) is 0 Å². The predicted molar refractivity (Wildman–Crippen MR) is 130 cm³/mol. The molecule has 6 heteroatoms. The molecule has 0 saturated carbocycles. The smallest absolute Gasteiger partial charge is 0.311 e. The van der Waals surface area contributed by atoms with E-state index in [2.05, 4.69) is 34.6 Å². The van der Waals surface area contributed by atoms with E-state index in [1.54, 1.807) is 0 Å². The second-order valence-electron chi connectivity index (χ2n) is 11.7. The molecule has 0 saturated heterocycles. The minimum absolute atomic E-state index is 0.0853. The molecule has 0 spiro atoms. The summed E-state index contributed by atoms with van der Waals surface area (Å²) in [6.07, 6.45) is 0.975. The van der Waals surface area contributed by atoms with Crippen molar-refractivity contribution in [1.29, 1.82) is 0 Å². The van der Waals surface area contributed by atoms with Crippen LogP contribution in [0.15, 0.2) is 0 Å². The third-order valence-corrected chi connectivity index (χ3v) is 6.42. The van der Waals surface area contributed by atoms with Gasteiger partial charge in [-0.2, -0.15) is 0 Å². The Balaban J connectivity index is 4.41. The quantitative estimate of drug-likeness (QED) is 0.219. The van der Waals surface area contributed by atoms with Crippen molar-refractivity contribution >= 4 is 5.97 Å². The van der Waals surface area contributed by atoms with Crippen LogP contribution in [0.2, 0.25) is 0 Å². The molecular formula is C26H52O6. The Morgan fingerprint density at radius 3 is 1.88 bits per heavy atom. The third-order valence-electron chi connectivity index (χ3n) is 6.42. The highest BCUT2D eigenvalue weighted by atomic mass is 16.6. The summed E-state index contributed by atoms with van der Waals surface area (Å²) in [4.78, 5) is 11.8. The molecule has 0 radical (unpaired) electrons. The zero-order valence-electron chi connectivity index (χ0n) is 23.1. The van der Waals surface area contributed by atoms with E-state index in [1.165, 1.54) is 0 Å². The molecule has 6 nitrogen and oxygen atoms in total. The van der Waals surface area contributed by atoms with Crippen LogP contribution in [0, 0.1) is 16.7 Å². The highest BCUT2D eigenvalue weighted by Crippen LogP contribution is 2.41. The van der Waals surface area contributed by atoms with Crippen molar-refractivity contribution in [2.75, 3.05) is 39.6 Å². The van der Waals surface area contributed by atoms with Gasteiger partial charge in [0, 0.05) is 6.61 Å². The summed E-state index contributed by atoms with van der Waals surface area (Å²) in [6.45, 7) is 27.7. The second kappa shape index (κ2) is 13.3. The molecule has 0 heterocycles. The van der Waals surface area contributed by atoms with E-state index in [4.69, 9.17) is 23.7 Å². The van der Waals surface area contributed by atoms with Crippen LogP contribution in [-0.4, -0.2) is 62.9 Å². The van der Waals surface area contributed by atoms with Crippen LogP contribution >= 0.6 is 0 Å². The van der Waals surface area contributed by atoms with Gasteiger partial charge >= 0.3 is 5.97 Å². The molecule has 0 rings (SSSR count). The summed E-state index contributed by atoms with van der Waals surface area (Å²) in [7, 11) is 0. The van der Waals surface area contributed by atoms with Crippen LogP contribution in [-0.2, 0) is 28.5 Å². The first-order chi connectivity index (χ1) is 14.4. The maximum Gasteiger partial charge on any atom is 0.311 e. The molecule has 0 bridgehead atoms. The Morgan fingerprint density at radius 1 is 0.750 bits per heavy atom. The topological polar surface area (TPSA) is 63.2 Å². The van der Waals surface area contributed by atoms with Gasteiger partial charge in [-0.05, 0) is 80.1 Å². The van der Waals surface area contributed by atoms with Crippen LogP contribution < -0.4 is 0 Å². The molecule has 0 aromatic heterocycles. The normalized spacial score (nSPS) is 14.7. The largest absolute Gasteiger partial charge is 0.463 e.